The van der Waals surface area contributed by atoms with E-state index in [2.05, 4.69) is 14.3 Å². The molecule has 14 heteroatoms. The van der Waals surface area contributed by atoms with Crippen molar-refractivity contribution in [2.45, 2.75) is 30.3 Å². The van der Waals surface area contributed by atoms with E-state index in [1.165, 1.54) is 0 Å². The third-order valence-corrected chi connectivity index (χ3v) is 5.00. The first-order valence-electron chi connectivity index (χ1n) is 7.53. The highest BCUT2D eigenvalue weighted by molar-refractivity contribution is 7.80. The number of aliphatic hydroxyl groups is 1. The zero-order chi connectivity index (χ0) is 21.0. The molecule has 2 N–H and O–H groups in total. The predicted molar refractivity (Wildman–Crippen MR) is 79.8 cm³/mol. The Kier molecular flexibility index (Phi) is 4.73. The SMILES string of the molecule is O=S(=O)(O)OC1(C(O)(Cn2cncn2)c2ccc(F)cc2F)CC1C(F)(F)F. The Morgan fingerprint density at radius 3 is 2.46 bits per heavy atom. The molecule has 1 aliphatic carbocycles. The van der Waals surface area contributed by atoms with Crippen LogP contribution in [0.3, 0.4) is 0 Å². The fourth-order valence-electron chi connectivity index (χ4n) is 3.25. The van der Waals surface area contributed by atoms with Gasteiger partial charge in [-0.1, -0.05) is 6.07 Å². The van der Waals surface area contributed by atoms with Crippen LogP contribution in [0.4, 0.5) is 22.0 Å². The average Bonchev–Trinajstić information content (AvgIpc) is 3.04. The topological polar surface area (TPSA) is 115 Å². The molecule has 1 fully saturated rings. The largest absolute Gasteiger partial charge is 0.398 e. The van der Waals surface area contributed by atoms with E-state index in [9.17, 15) is 35.5 Å². The van der Waals surface area contributed by atoms with E-state index in [4.69, 9.17) is 4.55 Å². The van der Waals surface area contributed by atoms with Crippen LogP contribution in [0.15, 0.2) is 30.9 Å². The molecule has 3 unspecified atom stereocenters. The van der Waals surface area contributed by atoms with Crippen molar-refractivity contribution in [3.8, 4) is 0 Å². The Bertz CT molecular complexity index is 984. The minimum atomic E-state index is -5.51. The number of hydrogen-bond acceptors (Lipinski definition) is 6. The lowest BCUT2D eigenvalue weighted by Gasteiger charge is -2.37. The normalized spacial score (nSPS) is 24.8. The number of aromatic nitrogens is 3. The van der Waals surface area contributed by atoms with Gasteiger partial charge in [0.25, 0.3) is 0 Å². The molecular formula is C14H12F5N3O5S. The van der Waals surface area contributed by atoms with Gasteiger partial charge >= 0.3 is 16.6 Å². The fraction of sp³-hybridized carbons (Fsp3) is 0.429. The molecule has 0 amide bonds. The molecule has 0 bridgehead atoms. The minimum absolute atomic E-state index is 0.299. The first-order valence-corrected chi connectivity index (χ1v) is 8.90. The Balaban J connectivity index is 2.21. The Morgan fingerprint density at radius 1 is 1.32 bits per heavy atom. The lowest BCUT2D eigenvalue weighted by molar-refractivity contribution is -0.189. The zero-order valence-corrected chi connectivity index (χ0v) is 14.5. The van der Waals surface area contributed by atoms with Crippen molar-refractivity contribution < 1.29 is 44.2 Å². The quantitative estimate of drug-likeness (QED) is 0.529. The van der Waals surface area contributed by atoms with Gasteiger partial charge in [-0.05, 0) is 12.5 Å². The molecule has 3 atom stereocenters. The molecule has 0 spiro atoms. The van der Waals surface area contributed by atoms with Crippen LogP contribution in [0, 0.1) is 17.6 Å². The van der Waals surface area contributed by atoms with Gasteiger partial charge < -0.3 is 5.11 Å². The lowest BCUT2D eigenvalue weighted by Crippen LogP contribution is -2.51. The molecule has 1 aromatic carbocycles. The Hall–Kier alpha value is -2.16. The number of nitrogens with zero attached hydrogens (tertiary/aromatic N) is 3. The summed E-state index contributed by atoms with van der Waals surface area (Å²) in [5, 5.41) is 14.8. The summed E-state index contributed by atoms with van der Waals surface area (Å²) in [7, 11) is -5.51. The van der Waals surface area contributed by atoms with Gasteiger partial charge in [0.05, 0.1) is 12.5 Å². The van der Waals surface area contributed by atoms with Crippen LogP contribution in [-0.2, 0) is 26.7 Å². The molecule has 1 aromatic heterocycles. The third kappa shape index (κ3) is 3.59. The molecule has 3 rings (SSSR count). The van der Waals surface area contributed by atoms with Crippen LogP contribution >= 0.6 is 0 Å². The number of halogens is 5. The van der Waals surface area contributed by atoms with Crippen LogP contribution in [0.2, 0.25) is 0 Å². The highest BCUT2D eigenvalue weighted by Crippen LogP contribution is 2.64. The lowest BCUT2D eigenvalue weighted by atomic mass is 9.84. The third-order valence-electron chi connectivity index (χ3n) is 4.49. The molecule has 8 nitrogen and oxygen atoms in total. The fourth-order valence-corrected chi connectivity index (χ4v) is 3.95. The molecule has 1 heterocycles. The van der Waals surface area contributed by atoms with Crippen LogP contribution in [0.1, 0.15) is 12.0 Å². The molecule has 0 radical (unpaired) electrons. The van der Waals surface area contributed by atoms with Crippen molar-refractivity contribution in [1.82, 2.24) is 14.8 Å². The van der Waals surface area contributed by atoms with Gasteiger partial charge in [0.15, 0.2) is 0 Å². The smallest absolute Gasteiger partial charge is 0.380 e. The minimum Gasteiger partial charge on any atom is -0.380 e. The molecule has 154 valence electrons. The van der Waals surface area contributed by atoms with Gasteiger partial charge in [-0.2, -0.15) is 26.7 Å². The van der Waals surface area contributed by atoms with Crippen LogP contribution < -0.4 is 0 Å². The second-order valence-electron chi connectivity index (χ2n) is 6.28. The molecule has 1 saturated carbocycles. The highest BCUT2D eigenvalue weighted by Gasteiger charge is 2.79. The summed E-state index contributed by atoms with van der Waals surface area (Å²) in [4.78, 5) is 3.54. The van der Waals surface area contributed by atoms with Gasteiger partial charge in [-0.25, -0.2) is 22.6 Å². The molecule has 0 aliphatic heterocycles. The summed E-state index contributed by atoms with van der Waals surface area (Å²) >= 11 is 0. The van der Waals surface area contributed by atoms with Crippen LogP contribution in [0.25, 0.3) is 0 Å². The summed E-state index contributed by atoms with van der Waals surface area (Å²) in [6.45, 7) is -0.933. The van der Waals surface area contributed by atoms with Gasteiger partial charge in [0.2, 0.25) is 0 Å². The van der Waals surface area contributed by atoms with E-state index < -0.39 is 63.9 Å². The molecular weight excluding hydrogens is 417 g/mol. The van der Waals surface area contributed by atoms with Crippen molar-refractivity contribution in [1.29, 1.82) is 0 Å². The summed E-state index contributed by atoms with van der Waals surface area (Å²) < 4.78 is 104. The first kappa shape index (κ1) is 20.6. The van der Waals surface area contributed by atoms with E-state index in [1.54, 1.807) is 0 Å². The highest BCUT2D eigenvalue weighted by atomic mass is 32.3. The van der Waals surface area contributed by atoms with E-state index in [0.29, 0.717) is 18.2 Å². The van der Waals surface area contributed by atoms with Crippen molar-refractivity contribution in [2.24, 2.45) is 5.92 Å². The maximum atomic E-state index is 14.4. The standard InChI is InChI=1S/C14H12F5N3O5S/c15-8-1-2-9(10(16)3-8)12(23,5-22-7-20-6-21-22)13(27-28(24,25)26)4-11(13)14(17,18)19/h1-3,6-7,11,23H,4-5H2,(H,24,25,26). The van der Waals surface area contributed by atoms with E-state index in [1.807, 2.05) is 0 Å². The van der Waals surface area contributed by atoms with Crippen molar-refractivity contribution in [2.75, 3.05) is 0 Å². The van der Waals surface area contributed by atoms with Crippen LogP contribution in [-0.4, -0.2) is 44.6 Å². The van der Waals surface area contributed by atoms with Crippen molar-refractivity contribution in [3.63, 3.8) is 0 Å². The summed E-state index contributed by atoms with van der Waals surface area (Å²) in [5.74, 6) is -5.11. The van der Waals surface area contributed by atoms with E-state index in [-0.39, 0.29) is 0 Å². The molecule has 2 aromatic rings. The Labute approximate surface area is 154 Å². The van der Waals surface area contributed by atoms with Gasteiger partial charge in [0.1, 0.15) is 35.5 Å². The average molecular weight is 429 g/mol. The van der Waals surface area contributed by atoms with E-state index >= 15 is 0 Å². The van der Waals surface area contributed by atoms with Gasteiger partial charge in [-0.3, -0.25) is 4.55 Å². The molecule has 28 heavy (non-hydrogen) atoms. The van der Waals surface area contributed by atoms with Crippen molar-refractivity contribution >= 4 is 10.4 Å². The van der Waals surface area contributed by atoms with Gasteiger partial charge in [0, 0.05) is 11.6 Å². The number of rotatable bonds is 6. The second kappa shape index (κ2) is 6.43. The maximum Gasteiger partial charge on any atom is 0.398 e. The van der Waals surface area contributed by atoms with Gasteiger partial charge in [-0.15, -0.1) is 0 Å². The summed E-state index contributed by atoms with van der Waals surface area (Å²) in [6, 6.07) is 1.62. The second-order valence-corrected chi connectivity index (χ2v) is 7.30. The van der Waals surface area contributed by atoms with Crippen molar-refractivity contribution in [3.05, 3.63) is 48.1 Å². The number of benzene rings is 1. The molecule has 0 saturated heterocycles. The summed E-state index contributed by atoms with van der Waals surface area (Å²) in [6.07, 6.45) is -4.24. The zero-order valence-electron chi connectivity index (χ0n) is 13.6. The van der Waals surface area contributed by atoms with Crippen LogP contribution in [0.5, 0.6) is 0 Å². The number of hydrogen-bond donors (Lipinski definition) is 2. The first-order chi connectivity index (χ1) is 12.8. The monoisotopic (exact) mass is 429 g/mol. The summed E-state index contributed by atoms with van der Waals surface area (Å²) in [5.41, 5.74) is -6.91. The molecule has 1 aliphatic rings. The van der Waals surface area contributed by atoms with E-state index in [0.717, 1.165) is 17.3 Å². The maximum absolute atomic E-state index is 14.4. The predicted octanol–water partition coefficient (Wildman–Crippen LogP) is 1.58. The Morgan fingerprint density at radius 2 is 2.00 bits per heavy atom. The number of alkyl halides is 3.